The van der Waals surface area contributed by atoms with Gasteiger partial charge in [0.15, 0.2) is 0 Å². The summed E-state index contributed by atoms with van der Waals surface area (Å²) in [6, 6.07) is 9.19. The van der Waals surface area contributed by atoms with Crippen molar-refractivity contribution in [1.29, 1.82) is 0 Å². The predicted octanol–water partition coefficient (Wildman–Crippen LogP) is 3.84. The standard InChI is InChI=1S/C16H27N/c1-12(2)10-14-6-8-15(9-7-14)16(11-17-5)13(3)4/h6-9,12-13,16-17H,10-11H2,1-5H3. The molecule has 0 saturated heterocycles. The van der Waals surface area contributed by atoms with E-state index in [0.29, 0.717) is 11.8 Å². The highest BCUT2D eigenvalue weighted by Crippen LogP contribution is 2.24. The molecular formula is C16H27N. The van der Waals surface area contributed by atoms with Gasteiger partial charge in [-0.2, -0.15) is 0 Å². The summed E-state index contributed by atoms with van der Waals surface area (Å²) in [5, 5.41) is 3.29. The Bertz CT molecular complexity index is 311. The Morgan fingerprint density at radius 1 is 1.00 bits per heavy atom. The molecular weight excluding hydrogens is 206 g/mol. The van der Waals surface area contributed by atoms with E-state index in [1.807, 2.05) is 7.05 Å². The van der Waals surface area contributed by atoms with Gasteiger partial charge >= 0.3 is 0 Å². The molecule has 1 nitrogen and oxygen atoms in total. The molecule has 0 heterocycles. The minimum absolute atomic E-state index is 0.619. The molecule has 1 aromatic carbocycles. The fraction of sp³-hybridized carbons (Fsp3) is 0.625. The summed E-state index contributed by atoms with van der Waals surface area (Å²) in [6.07, 6.45) is 1.18. The molecule has 0 radical (unpaired) electrons. The van der Waals surface area contributed by atoms with Crippen LogP contribution in [0.5, 0.6) is 0 Å². The van der Waals surface area contributed by atoms with E-state index in [-0.39, 0.29) is 0 Å². The van der Waals surface area contributed by atoms with Crippen LogP contribution in [0.25, 0.3) is 0 Å². The van der Waals surface area contributed by atoms with Crippen molar-refractivity contribution in [3.8, 4) is 0 Å². The number of hydrogen-bond donors (Lipinski definition) is 1. The maximum Gasteiger partial charge on any atom is 0.00196 e. The molecule has 0 aromatic heterocycles. The minimum atomic E-state index is 0.619. The van der Waals surface area contributed by atoms with Crippen molar-refractivity contribution in [3.63, 3.8) is 0 Å². The third kappa shape index (κ3) is 4.51. The van der Waals surface area contributed by atoms with Crippen molar-refractivity contribution in [2.24, 2.45) is 11.8 Å². The first kappa shape index (κ1) is 14.2. The summed E-state index contributed by atoms with van der Waals surface area (Å²) >= 11 is 0. The van der Waals surface area contributed by atoms with Gasteiger partial charge in [-0.05, 0) is 42.3 Å². The van der Waals surface area contributed by atoms with Crippen LogP contribution in [-0.2, 0) is 6.42 Å². The van der Waals surface area contributed by atoms with Crippen LogP contribution in [0.4, 0.5) is 0 Å². The highest BCUT2D eigenvalue weighted by Gasteiger charge is 2.14. The van der Waals surface area contributed by atoms with E-state index in [0.717, 1.165) is 12.5 Å². The third-order valence-electron chi connectivity index (χ3n) is 3.28. The molecule has 0 fully saturated rings. The molecule has 0 aliphatic heterocycles. The maximum atomic E-state index is 3.29. The normalized spacial score (nSPS) is 13.4. The van der Waals surface area contributed by atoms with Gasteiger partial charge in [0, 0.05) is 6.54 Å². The Kier molecular flexibility index (Phi) is 5.70. The lowest BCUT2D eigenvalue weighted by Crippen LogP contribution is -2.21. The number of benzene rings is 1. The molecule has 0 spiro atoms. The quantitative estimate of drug-likeness (QED) is 0.787. The van der Waals surface area contributed by atoms with Crippen molar-refractivity contribution < 1.29 is 0 Å². The summed E-state index contributed by atoms with van der Waals surface area (Å²) in [7, 11) is 2.03. The summed E-state index contributed by atoms with van der Waals surface area (Å²) in [5.41, 5.74) is 2.91. The van der Waals surface area contributed by atoms with Crippen LogP contribution in [-0.4, -0.2) is 13.6 Å². The molecule has 1 heteroatoms. The molecule has 1 atom stereocenters. The first-order chi connectivity index (χ1) is 8.04. The zero-order chi connectivity index (χ0) is 12.8. The van der Waals surface area contributed by atoms with E-state index in [2.05, 4.69) is 57.3 Å². The summed E-state index contributed by atoms with van der Waals surface area (Å²) in [4.78, 5) is 0. The fourth-order valence-electron chi connectivity index (χ4n) is 2.33. The van der Waals surface area contributed by atoms with Crippen LogP contribution in [0.15, 0.2) is 24.3 Å². The maximum absolute atomic E-state index is 3.29. The van der Waals surface area contributed by atoms with Gasteiger partial charge < -0.3 is 5.32 Å². The molecule has 0 aliphatic carbocycles. The van der Waals surface area contributed by atoms with Gasteiger partial charge in [-0.15, -0.1) is 0 Å². The lowest BCUT2D eigenvalue weighted by atomic mass is 9.87. The Balaban J connectivity index is 2.77. The Morgan fingerprint density at radius 3 is 2.00 bits per heavy atom. The molecule has 1 unspecified atom stereocenters. The van der Waals surface area contributed by atoms with E-state index in [9.17, 15) is 0 Å². The number of hydrogen-bond acceptors (Lipinski definition) is 1. The zero-order valence-corrected chi connectivity index (χ0v) is 12.0. The van der Waals surface area contributed by atoms with E-state index in [1.165, 1.54) is 17.5 Å². The second-order valence-electron chi connectivity index (χ2n) is 5.75. The molecule has 0 saturated carbocycles. The molecule has 17 heavy (non-hydrogen) atoms. The minimum Gasteiger partial charge on any atom is -0.319 e. The van der Waals surface area contributed by atoms with Crippen molar-refractivity contribution in [2.75, 3.05) is 13.6 Å². The fourth-order valence-corrected chi connectivity index (χ4v) is 2.33. The molecule has 1 rings (SSSR count). The number of likely N-dealkylation sites (N-methyl/N-ethyl adjacent to an activating group) is 1. The van der Waals surface area contributed by atoms with E-state index < -0.39 is 0 Å². The van der Waals surface area contributed by atoms with Gasteiger partial charge in [0.1, 0.15) is 0 Å². The van der Waals surface area contributed by atoms with E-state index in [1.54, 1.807) is 0 Å². The summed E-state index contributed by atoms with van der Waals surface area (Å²) in [6.45, 7) is 10.2. The monoisotopic (exact) mass is 233 g/mol. The second kappa shape index (κ2) is 6.80. The number of nitrogens with one attached hydrogen (secondary N) is 1. The molecule has 0 bridgehead atoms. The Morgan fingerprint density at radius 2 is 1.59 bits per heavy atom. The van der Waals surface area contributed by atoms with Crippen LogP contribution < -0.4 is 5.32 Å². The van der Waals surface area contributed by atoms with Crippen LogP contribution in [0.1, 0.15) is 44.7 Å². The van der Waals surface area contributed by atoms with Crippen LogP contribution in [0.3, 0.4) is 0 Å². The van der Waals surface area contributed by atoms with Gasteiger partial charge in [0.2, 0.25) is 0 Å². The third-order valence-corrected chi connectivity index (χ3v) is 3.28. The lowest BCUT2D eigenvalue weighted by Gasteiger charge is -2.21. The van der Waals surface area contributed by atoms with Gasteiger partial charge in [0.25, 0.3) is 0 Å². The van der Waals surface area contributed by atoms with Crippen molar-refractivity contribution in [1.82, 2.24) is 5.32 Å². The van der Waals surface area contributed by atoms with Crippen LogP contribution in [0, 0.1) is 11.8 Å². The van der Waals surface area contributed by atoms with Crippen molar-refractivity contribution >= 4 is 0 Å². The van der Waals surface area contributed by atoms with Crippen LogP contribution in [0.2, 0.25) is 0 Å². The Hall–Kier alpha value is -0.820. The van der Waals surface area contributed by atoms with Crippen molar-refractivity contribution in [3.05, 3.63) is 35.4 Å². The topological polar surface area (TPSA) is 12.0 Å². The summed E-state index contributed by atoms with van der Waals surface area (Å²) < 4.78 is 0. The molecule has 96 valence electrons. The van der Waals surface area contributed by atoms with Gasteiger partial charge in [-0.1, -0.05) is 52.0 Å². The highest BCUT2D eigenvalue weighted by molar-refractivity contribution is 5.26. The molecule has 0 amide bonds. The van der Waals surface area contributed by atoms with E-state index in [4.69, 9.17) is 0 Å². The van der Waals surface area contributed by atoms with Gasteiger partial charge in [-0.3, -0.25) is 0 Å². The first-order valence-electron chi connectivity index (χ1n) is 6.78. The largest absolute Gasteiger partial charge is 0.319 e. The smallest absolute Gasteiger partial charge is 0.00196 e. The van der Waals surface area contributed by atoms with E-state index >= 15 is 0 Å². The average Bonchev–Trinajstić information content (AvgIpc) is 2.26. The predicted molar refractivity (Wildman–Crippen MR) is 76.5 cm³/mol. The van der Waals surface area contributed by atoms with Gasteiger partial charge in [-0.25, -0.2) is 0 Å². The van der Waals surface area contributed by atoms with Crippen molar-refractivity contribution in [2.45, 2.75) is 40.0 Å². The molecule has 1 N–H and O–H groups in total. The lowest BCUT2D eigenvalue weighted by molar-refractivity contribution is 0.478. The van der Waals surface area contributed by atoms with Crippen LogP contribution >= 0.6 is 0 Å². The first-order valence-corrected chi connectivity index (χ1v) is 6.78. The zero-order valence-electron chi connectivity index (χ0n) is 12.0. The highest BCUT2D eigenvalue weighted by atomic mass is 14.8. The Labute approximate surface area is 107 Å². The molecule has 1 aromatic rings. The molecule has 0 aliphatic rings. The summed E-state index contributed by atoms with van der Waals surface area (Å²) in [5.74, 6) is 2.03. The SMILES string of the molecule is CNCC(c1ccc(CC(C)C)cc1)C(C)C. The van der Waals surface area contributed by atoms with Gasteiger partial charge in [0.05, 0.1) is 0 Å². The number of rotatable bonds is 6. The second-order valence-corrected chi connectivity index (χ2v) is 5.75. The average molecular weight is 233 g/mol.